The fraction of sp³-hybridized carbons (Fsp3) is 0.353. The van der Waals surface area contributed by atoms with Gasteiger partial charge < -0.3 is 14.8 Å². The number of amides is 1. The topological polar surface area (TPSA) is 73.3 Å². The summed E-state index contributed by atoms with van der Waals surface area (Å²) in [5.74, 6) is 0.995. The molecular formula is C17H19N3O3. The number of hydrogen-bond acceptors (Lipinski definition) is 5. The number of methoxy groups -OCH3 is 2. The minimum atomic E-state index is -0.235. The zero-order chi connectivity index (χ0) is 16.2. The minimum Gasteiger partial charge on any atom is -0.497 e. The van der Waals surface area contributed by atoms with Crippen molar-refractivity contribution in [3.63, 3.8) is 0 Å². The van der Waals surface area contributed by atoms with Crippen LogP contribution in [-0.2, 0) is 12.8 Å². The second-order valence-electron chi connectivity index (χ2n) is 5.41. The Kier molecular flexibility index (Phi) is 4.41. The summed E-state index contributed by atoms with van der Waals surface area (Å²) in [4.78, 5) is 21.1. The molecule has 0 atom stereocenters. The highest BCUT2D eigenvalue weighted by molar-refractivity contribution is 6.04. The van der Waals surface area contributed by atoms with Gasteiger partial charge in [0.25, 0.3) is 5.91 Å². The Bertz CT molecular complexity index is 709. The Balaban J connectivity index is 1.88. The van der Waals surface area contributed by atoms with E-state index in [0.29, 0.717) is 22.9 Å². The highest BCUT2D eigenvalue weighted by Crippen LogP contribution is 2.27. The molecule has 6 heteroatoms. The average Bonchev–Trinajstić information content (AvgIpc) is 2.60. The van der Waals surface area contributed by atoms with E-state index in [1.165, 1.54) is 6.33 Å². The predicted octanol–water partition coefficient (Wildman–Crippen LogP) is 2.62. The molecule has 1 aromatic heterocycles. The van der Waals surface area contributed by atoms with Crippen LogP contribution in [0.2, 0.25) is 0 Å². The third-order valence-electron chi connectivity index (χ3n) is 3.95. The lowest BCUT2D eigenvalue weighted by atomic mass is 9.94. The van der Waals surface area contributed by atoms with Gasteiger partial charge >= 0.3 is 0 Å². The number of aromatic nitrogens is 2. The molecular weight excluding hydrogens is 294 g/mol. The van der Waals surface area contributed by atoms with Crippen LogP contribution in [0.15, 0.2) is 24.5 Å². The van der Waals surface area contributed by atoms with Crippen molar-refractivity contribution in [2.45, 2.75) is 25.7 Å². The number of rotatable bonds is 4. The van der Waals surface area contributed by atoms with Crippen molar-refractivity contribution in [1.29, 1.82) is 0 Å². The summed E-state index contributed by atoms with van der Waals surface area (Å²) in [5.41, 5.74) is 3.01. The number of hydrogen-bond donors (Lipinski definition) is 1. The molecule has 3 rings (SSSR count). The third-order valence-corrected chi connectivity index (χ3v) is 3.95. The van der Waals surface area contributed by atoms with Gasteiger partial charge in [0.05, 0.1) is 14.2 Å². The predicted molar refractivity (Wildman–Crippen MR) is 86.2 cm³/mol. The first-order chi connectivity index (χ1) is 11.2. The Morgan fingerprint density at radius 1 is 1.04 bits per heavy atom. The van der Waals surface area contributed by atoms with E-state index in [1.54, 1.807) is 32.4 Å². The van der Waals surface area contributed by atoms with Crippen LogP contribution in [-0.4, -0.2) is 30.1 Å². The van der Waals surface area contributed by atoms with E-state index >= 15 is 0 Å². The van der Waals surface area contributed by atoms with Gasteiger partial charge in [-0.1, -0.05) is 0 Å². The van der Waals surface area contributed by atoms with Gasteiger partial charge in [-0.15, -0.1) is 0 Å². The van der Waals surface area contributed by atoms with Crippen LogP contribution in [0.5, 0.6) is 11.5 Å². The van der Waals surface area contributed by atoms with Gasteiger partial charge in [-0.05, 0) is 25.7 Å². The molecule has 0 saturated heterocycles. The summed E-state index contributed by atoms with van der Waals surface area (Å²) >= 11 is 0. The van der Waals surface area contributed by atoms with E-state index in [9.17, 15) is 4.79 Å². The standard InChI is InChI=1S/C17H19N3O3/c1-22-12-7-11(8-13(9-12)23-2)20-17(21)16-14-5-3-4-6-15(14)18-10-19-16/h7-10H,3-6H2,1-2H3,(H,20,21). The molecule has 0 spiro atoms. The smallest absolute Gasteiger partial charge is 0.274 e. The van der Waals surface area contributed by atoms with Gasteiger partial charge in [0.15, 0.2) is 0 Å². The number of nitrogens with zero attached hydrogens (tertiary/aromatic N) is 2. The third kappa shape index (κ3) is 3.26. The van der Waals surface area contributed by atoms with E-state index in [0.717, 1.165) is 36.9 Å². The zero-order valence-electron chi connectivity index (χ0n) is 13.3. The molecule has 6 nitrogen and oxygen atoms in total. The fourth-order valence-corrected chi connectivity index (χ4v) is 2.79. The van der Waals surface area contributed by atoms with Gasteiger partial charge in [0, 0.05) is 35.1 Å². The van der Waals surface area contributed by atoms with Crippen LogP contribution in [0, 0.1) is 0 Å². The maximum Gasteiger partial charge on any atom is 0.274 e. The number of ether oxygens (including phenoxy) is 2. The number of anilines is 1. The van der Waals surface area contributed by atoms with E-state index < -0.39 is 0 Å². The van der Waals surface area contributed by atoms with E-state index in [4.69, 9.17) is 9.47 Å². The normalized spacial score (nSPS) is 13.1. The summed E-state index contributed by atoms with van der Waals surface area (Å²) in [5, 5.41) is 2.87. The lowest BCUT2D eigenvalue weighted by molar-refractivity contribution is 0.102. The van der Waals surface area contributed by atoms with Gasteiger partial charge in [-0.3, -0.25) is 4.79 Å². The number of aryl methyl sites for hydroxylation is 1. The molecule has 0 aliphatic heterocycles. The van der Waals surface area contributed by atoms with Crippen LogP contribution in [0.4, 0.5) is 5.69 Å². The quantitative estimate of drug-likeness (QED) is 0.939. The summed E-state index contributed by atoms with van der Waals surface area (Å²) in [6.45, 7) is 0. The molecule has 23 heavy (non-hydrogen) atoms. The molecule has 2 aromatic rings. The Morgan fingerprint density at radius 2 is 1.74 bits per heavy atom. The highest BCUT2D eigenvalue weighted by Gasteiger charge is 2.20. The first kappa shape index (κ1) is 15.3. The Hall–Kier alpha value is -2.63. The molecule has 0 bridgehead atoms. The van der Waals surface area contributed by atoms with Crippen molar-refractivity contribution in [3.8, 4) is 11.5 Å². The second kappa shape index (κ2) is 6.64. The van der Waals surface area contributed by atoms with Crippen LogP contribution >= 0.6 is 0 Å². The number of fused-ring (bicyclic) bond motifs is 1. The maximum atomic E-state index is 12.6. The number of carbonyl (C=O) groups is 1. The number of carbonyl (C=O) groups excluding carboxylic acids is 1. The SMILES string of the molecule is COc1cc(NC(=O)c2ncnc3c2CCCC3)cc(OC)c1. The molecule has 1 aliphatic carbocycles. The Morgan fingerprint density at radius 3 is 2.43 bits per heavy atom. The van der Waals surface area contributed by atoms with Crippen LogP contribution < -0.4 is 14.8 Å². The van der Waals surface area contributed by atoms with Crippen molar-refractivity contribution in [2.75, 3.05) is 19.5 Å². The van der Waals surface area contributed by atoms with Crippen LogP contribution in [0.1, 0.15) is 34.6 Å². The lowest BCUT2D eigenvalue weighted by Crippen LogP contribution is -2.20. The van der Waals surface area contributed by atoms with E-state index in [2.05, 4.69) is 15.3 Å². The van der Waals surface area contributed by atoms with Crippen LogP contribution in [0.3, 0.4) is 0 Å². The van der Waals surface area contributed by atoms with Crippen molar-refractivity contribution < 1.29 is 14.3 Å². The van der Waals surface area contributed by atoms with Gasteiger partial charge in [0.2, 0.25) is 0 Å². The Labute approximate surface area is 134 Å². The second-order valence-corrected chi connectivity index (χ2v) is 5.41. The lowest BCUT2D eigenvalue weighted by Gasteiger charge is -2.17. The van der Waals surface area contributed by atoms with E-state index in [-0.39, 0.29) is 5.91 Å². The number of benzene rings is 1. The molecule has 1 N–H and O–H groups in total. The molecule has 0 radical (unpaired) electrons. The summed E-state index contributed by atoms with van der Waals surface area (Å²) in [6.07, 6.45) is 5.39. The molecule has 1 aliphatic rings. The first-order valence-electron chi connectivity index (χ1n) is 7.58. The summed E-state index contributed by atoms with van der Waals surface area (Å²) < 4.78 is 10.4. The first-order valence-corrected chi connectivity index (χ1v) is 7.58. The fourth-order valence-electron chi connectivity index (χ4n) is 2.79. The van der Waals surface area contributed by atoms with Gasteiger partial charge in [-0.2, -0.15) is 0 Å². The summed E-state index contributed by atoms with van der Waals surface area (Å²) in [6, 6.07) is 5.24. The van der Waals surface area contributed by atoms with Crippen molar-refractivity contribution in [1.82, 2.24) is 9.97 Å². The molecule has 0 unspecified atom stereocenters. The molecule has 1 aromatic carbocycles. The van der Waals surface area contributed by atoms with Crippen molar-refractivity contribution in [3.05, 3.63) is 41.5 Å². The van der Waals surface area contributed by atoms with Gasteiger partial charge in [-0.25, -0.2) is 9.97 Å². The number of nitrogens with one attached hydrogen (secondary N) is 1. The highest BCUT2D eigenvalue weighted by atomic mass is 16.5. The average molecular weight is 313 g/mol. The van der Waals surface area contributed by atoms with E-state index in [1.807, 2.05) is 0 Å². The zero-order valence-corrected chi connectivity index (χ0v) is 13.3. The van der Waals surface area contributed by atoms with Crippen LogP contribution in [0.25, 0.3) is 0 Å². The minimum absolute atomic E-state index is 0.235. The largest absolute Gasteiger partial charge is 0.497 e. The van der Waals surface area contributed by atoms with Crippen molar-refractivity contribution in [2.24, 2.45) is 0 Å². The summed E-state index contributed by atoms with van der Waals surface area (Å²) in [7, 11) is 3.14. The molecule has 0 fully saturated rings. The maximum absolute atomic E-state index is 12.6. The van der Waals surface area contributed by atoms with Gasteiger partial charge in [0.1, 0.15) is 23.5 Å². The van der Waals surface area contributed by atoms with Crippen molar-refractivity contribution >= 4 is 11.6 Å². The molecule has 0 saturated carbocycles. The molecule has 1 amide bonds. The monoisotopic (exact) mass is 313 g/mol. The molecule has 120 valence electrons. The molecule has 1 heterocycles.